The summed E-state index contributed by atoms with van der Waals surface area (Å²) in [6.07, 6.45) is 0.627. The first-order valence-corrected chi connectivity index (χ1v) is 8.15. The van der Waals surface area contributed by atoms with Crippen molar-refractivity contribution in [3.05, 3.63) is 16.7 Å². The van der Waals surface area contributed by atoms with Crippen LogP contribution in [-0.4, -0.2) is 55.4 Å². The number of aliphatic hydroxyl groups excluding tert-OH is 1. The molecule has 0 aliphatic carbocycles. The van der Waals surface area contributed by atoms with Crippen molar-refractivity contribution in [1.82, 2.24) is 19.5 Å². The number of ether oxygens (including phenoxy) is 3. The predicted molar refractivity (Wildman–Crippen MR) is 92.1 cm³/mol. The van der Waals surface area contributed by atoms with Crippen LogP contribution in [0.4, 0.5) is 5.95 Å². The van der Waals surface area contributed by atoms with E-state index in [9.17, 15) is 19.5 Å². The molecule has 1 saturated heterocycles. The number of aliphatic hydroxyl groups is 1. The number of fused-ring (bicyclic) bond motifs is 1. The van der Waals surface area contributed by atoms with Gasteiger partial charge in [0.25, 0.3) is 5.56 Å². The van der Waals surface area contributed by atoms with Crippen molar-refractivity contribution < 1.29 is 28.9 Å². The van der Waals surface area contributed by atoms with Crippen LogP contribution in [0.1, 0.15) is 20.1 Å². The lowest BCUT2D eigenvalue weighted by Gasteiger charge is -2.21. The summed E-state index contributed by atoms with van der Waals surface area (Å²) in [4.78, 5) is 44.9. The normalized spacial score (nSPS) is 23.8. The molecular formula is C16H17N5O7. The van der Waals surface area contributed by atoms with Gasteiger partial charge in [-0.15, -0.1) is 0 Å². The molecule has 28 heavy (non-hydrogen) atoms. The van der Waals surface area contributed by atoms with E-state index in [-0.39, 0.29) is 17.1 Å². The number of carbonyl (C=O) groups is 2. The lowest BCUT2D eigenvalue weighted by molar-refractivity contribution is -0.153. The van der Waals surface area contributed by atoms with Gasteiger partial charge in [-0.25, -0.2) is 4.98 Å². The fourth-order valence-electron chi connectivity index (χ4n) is 2.91. The van der Waals surface area contributed by atoms with Gasteiger partial charge in [0.05, 0.1) is 18.9 Å². The minimum absolute atomic E-state index is 0.00868. The van der Waals surface area contributed by atoms with Gasteiger partial charge in [0.15, 0.2) is 23.5 Å². The maximum Gasteiger partial charge on any atom is 0.316 e. The highest BCUT2D eigenvalue weighted by atomic mass is 16.6. The van der Waals surface area contributed by atoms with Crippen LogP contribution in [0, 0.1) is 17.9 Å². The van der Waals surface area contributed by atoms with E-state index in [1.54, 1.807) is 0 Å². The Bertz CT molecular complexity index is 1030. The number of nitrogen functional groups attached to an aromatic ring is 1. The number of aromatic nitrogens is 4. The SMILES string of the molecule is CC(=O)OC#CC1C(CO)OC(n2cnc3c(=O)[nH]c(N)nc32)C1OC(C)=O. The molecule has 4 N–H and O–H groups in total. The van der Waals surface area contributed by atoms with Crippen molar-refractivity contribution in [1.29, 1.82) is 0 Å². The Morgan fingerprint density at radius 2 is 2.18 bits per heavy atom. The summed E-state index contributed by atoms with van der Waals surface area (Å²) in [5.74, 6) is 0.435. The average molecular weight is 391 g/mol. The van der Waals surface area contributed by atoms with E-state index >= 15 is 0 Å². The van der Waals surface area contributed by atoms with Gasteiger partial charge >= 0.3 is 11.9 Å². The zero-order valence-corrected chi connectivity index (χ0v) is 14.9. The van der Waals surface area contributed by atoms with E-state index in [1.807, 2.05) is 0 Å². The van der Waals surface area contributed by atoms with Gasteiger partial charge in [0, 0.05) is 13.8 Å². The van der Waals surface area contributed by atoms with Crippen LogP contribution in [-0.2, 0) is 23.8 Å². The molecule has 12 nitrogen and oxygen atoms in total. The molecular weight excluding hydrogens is 374 g/mol. The number of H-pyrrole nitrogens is 1. The number of hydrogen-bond donors (Lipinski definition) is 3. The molecule has 148 valence electrons. The fourth-order valence-corrected chi connectivity index (χ4v) is 2.91. The topological polar surface area (TPSA) is 172 Å². The summed E-state index contributed by atoms with van der Waals surface area (Å²) in [6, 6.07) is 0. The number of imidazole rings is 1. The first-order valence-electron chi connectivity index (χ1n) is 8.15. The van der Waals surface area contributed by atoms with Gasteiger partial charge in [-0.1, -0.05) is 0 Å². The molecule has 12 heteroatoms. The molecule has 1 aliphatic rings. The number of carbonyl (C=O) groups excluding carboxylic acids is 2. The summed E-state index contributed by atoms with van der Waals surface area (Å²) < 4.78 is 17.1. The van der Waals surface area contributed by atoms with E-state index in [4.69, 9.17) is 15.2 Å². The molecule has 1 aliphatic heterocycles. The third-order valence-corrected chi connectivity index (χ3v) is 3.98. The van der Waals surface area contributed by atoms with E-state index in [2.05, 4.69) is 31.7 Å². The molecule has 2 aromatic heterocycles. The third kappa shape index (κ3) is 3.66. The quantitative estimate of drug-likeness (QED) is 0.420. The van der Waals surface area contributed by atoms with E-state index < -0.39 is 48.5 Å². The van der Waals surface area contributed by atoms with Crippen LogP contribution in [0.5, 0.6) is 0 Å². The number of nitrogens with zero attached hydrogens (tertiary/aromatic N) is 3. The molecule has 4 unspecified atom stereocenters. The van der Waals surface area contributed by atoms with Crippen molar-refractivity contribution in [3.8, 4) is 12.0 Å². The minimum atomic E-state index is -1.00. The second-order valence-corrected chi connectivity index (χ2v) is 5.96. The van der Waals surface area contributed by atoms with Gasteiger partial charge in [0.1, 0.15) is 12.2 Å². The lowest BCUT2D eigenvalue weighted by atomic mass is 9.99. The smallest absolute Gasteiger partial charge is 0.316 e. The first-order chi connectivity index (χ1) is 13.3. The standard InChI is InChI=1S/C16H17N5O7/c1-7(23)26-4-3-9-10(5-22)28-15(12(9)27-8(2)24)21-6-18-11-13(21)19-16(17)20-14(11)25/h6,9-10,12,15,22H,5H2,1-2H3,(H3,17,19,20,25). The zero-order valence-electron chi connectivity index (χ0n) is 14.9. The number of nitrogens with two attached hydrogens (primary N) is 1. The maximum atomic E-state index is 12.0. The molecule has 1 fully saturated rings. The van der Waals surface area contributed by atoms with Crippen LogP contribution in [0.25, 0.3) is 11.2 Å². The summed E-state index contributed by atoms with van der Waals surface area (Å²) in [5, 5.41) is 9.66. The molecule has 0 saturated carbocycles. The van der Waals surface area contributed by atoms with E-state index in [1.165, 1.54) is 24.7 Å². The second kappa shape index (κ2) is 7.67. The molecule has 0 spiro atoms. The van der Waals surface area contributed by atoms with Gasteiger partial charge < -0.3 is 25.1 Å². The van der Waals surface area contributed by atoms with Crippen molar-refractivity contribution in [2.75, 3.05) is 12.3 Å². The summed E-state index contributed by atoms with van der Waals surface area (Å²) in [7, 11) is 0. The minimum Gasteiger partial charge on any atom is -0.456 e. The highest BCUT2D eigenvalue weighted by Gasteiger charge is 2.47. The number of anilines is 1. The van der Waals surface area contributed by atoms with Crippen LogP contribution < -0.4 is 11.3 Å². The molecule has 0 aromatic carbocycles. The van der Waals surface area contributed by atoms with Crippen molar-refractivity contribution in [3.63, 3.8) is 0 Å². The van der Waals surface area contributed by atoms with Gasteiger partial charge in [-0.2, -0.15) is 4.98 Å². The fraction of sp³-hybridized carbons (Fsp3) is 0.438. The second-order valence-electron chi connectivity index (χ2n) is 5.96. The Morgan fingerprint density at radius 1 is 1.43 bits per heavy atom. The van der Waals surface area contributed by atoms with Crippen molar-refractivity contribution in [2.24, 2.45) is 5.92 Å². The predicted octanol–water partition coefficient (Wildman–Crippen LogP) is -1.34. The Hall–Kier alpha value is -3.43. The number of rotatable bonds is 3. The van der Waals surface area contributed by atoms with Crippen molar-refractivity contribution in [2.45, 2.75) is 32.3 Å². The van der Waals surface area contributed by atoms with Crippen LogP contribution >= 0.6 is 0 Å². The number of aromatic amines is 1. The molecule has 0 amide bonds. The Balaban J connectivity index is 2.06. The monoisotopic (exact) mass is 391 g/mol. The lowest BCUT2D eigenvalue weighted by Crippen LogP contribution is -2.31. The zero-order chi connectivity index (χ0) is 20.4. The van der Waals surface area contributed by atoms with Crippen LogP contribution in [0.15, 0.2) is 11.1 Å². The maximum absolute atomic E-state index is 12.0. The highest BCUT2D eigenvalue weighted by molar-refractivity contribution is 5.71. The average Bonchev–Trinajstić information content (AvgIpc) is 3.16. The highest BCUT2D eigenvalue weighted by Crippen LogP contribution is 2.37. The van der Waals surface area contributed by atoms with E-state index in [0.717, 1.165) is 0 Å². The molecule has 3 rings (SSSR count). The molecule has 0 radical (unpaired) electrons. The van der Waals surface area contributed by atoms with Gasteiger partial charge in [-0.05, 0) is 5.92 Å². The van der Waals surface area contributed by atoms with Gasteiger partial charge in [0.2, 0.25) is 5.95 Å². The molecule has 2 aromatic rings. The van der Waals surface area contributed by atoms with Crippen molar-refractivity contribution >= 4 is 29.1 Å². The first kappa shape index (κ1) is 19.3. The van der Waals surface area contributed by atoms with Crippen LogP contribution in [0.3, 0.4) is 0 Å². The number of esters is 2. The van der Waals surface area contributed by atoms with Gasteiger partial charge in [-0.3, -0.25) is 23.9 Å². The molecule has 0 bridgehead atoms. The number of hydrogen-bond acceptors (Lipinski definition) is 10. The molecule has 4 atom stereocenters. The summed E-state index contributed by atoms with van der Waals surface area (Å²) in [5.41, 5.74) is 5.16. The van der Waals surface area contributed by atoms with Crippen LogP contribution in [0.2, 0.25) is 0 Å². The Labute approximate surface area is 157 Å². The Kier molecular flexibility index (Phi) is 5.30. The largest absolute Gasteiger partial charge is 0.456 e. The third-order valence-electron chi connectivity index (χ3n) is 3.98. The summed E-state index contributed by atoms with van der Waals surface area (Å²) in [6.45, 7) is 1.93. The summed E-state index contributed by atoms with van der Waals surface area (Å²) >= 11 is 0. The number of nitrogens with one attached hydrogen (secondary N) is 1. The van der Waals surface area contributed by atoms with E-state index in [0.29, 0.717) is 0 Å². The molecule has 3 heterocycles. The Morgan fingerprint density at radius 3 is 2.82 bits per heavy atom.